The van der Waals surface area contributed by atoms with E-state index in [-0.39, 0.29) is 11.9 Å². The van der Waals surface area contributed by atoms with Crippen molar-refractivity contribution in [1.82, 2.24) is 20.3 Å². The van der Waals surface area contributed by atoms with Crippen molar-refractivity contribution in [3.05, 3.63) is 11.9 Å². The summed E-state index contributed by atoms with van der Waals surface area (Å²) in [5, 5.41) is 10.7. The molecule has 0 unspecified atom stereocenters. The van der Waals surface area contributed by atoms with E-state index in [2.05, 4.69) is 29.5 Å². The molecule has 0 aliphatic rings. The lowest BCUT2D eigenvalue weighted by atomic mass is 10.1. The maximum Gasteiger partial charge on any atom is 0.226 e. The molecule has 0 saturated carbocycles. The summed E-state index contributed by atoms with van der Waals surface area (Å²) in [7, 11) is 0. The van der Waals surface area contributed by atoms with Gasteiger partial charge in [0.05, 0.1) is 18.3 Å². The van der Waals surface area contributed by atoms with Crippen molar-refractivity contribution in [3.63, 3.8) is 0 Å². The molecule has 0 spiro atoms. The van der Waals surface area contributed by atoms with Gasteiger partial charge in [-0.1, -0.05) is 19.1 Å². The van der Waals surface area contributed by atoms with Crippen LogP contribution < -0.4 is 5.32 Å². The Bertz CT molecular complexity index is 357. The Kier molecular flexibility index (Phi) is 5.12. The van der Waals surface area contributed by atoms with Crippen LogP contribution in [0.3, 0.4) is 0 Å². The number of amides is 1. The summed E-state index contributed by atoms with van der Waals surface area (Å²) in [6.45, 7) is 9.07. The number of nitrogens with zero attached hydrogens (tertiary/aromatic N) is 3. The molecule has 1 aromatic heterocycles. The zero-order valence-electron chi connectivity index (χ0n) is 11.1. The minimum absolute atomic E-state index is 0.0369. The van der Waals surface area contributed by atoms with E-state index in [4.69, 9.17) is 0 Å². The van der Waals surface area contributed by atoms with Crippen LogP contribution in [0.2, 0.25) is 0 Å². The van der Waals surface area contributed by atoms with E-state index in [1.54, 1.807) is 10.9 Å². The minimum Gasteiger partial charge on any atom is -0.356 e. The van der Waals surface area contributed by atoms with Crippen LogP contribution in [0.25, 0.3) is 0 Å². The molecule has 1 aromatic rings. The lowest BCUT2D eigenvalue weighted by molar-refractivity contribution is -0.120. The average molecular weight is 238 g/mol. The van der Waals surface area contributed by atoms with Crippen molar-refractivity contribution >= 4 is 5.91 Å². The van der Waals surface area contributed by atoms with Crippen molar-refractivity contribution in [2.75, 3.05) is 6.54 Å². The third-order valence-corrected chi connectivity index (χ3v) is 2.52. The molecule has 0 radical (unpaired) electrons. The van der Waals surface area contributed by atoms with Crippen LogP contribution in [-0.4, -0.2) is 27.4 Å². The van der Waals surface area contributed by atoms with Crippen molar-refractivity contribution in [1.29, 1.82) is 0 Å². The third-order valence-electron chi connectivity index (χ3n) is 2.52. The topological polar surface area (TPSA) is 59.8 Å². The van der Waals surface area contributed by atoms with Gasteiger partial charge >= 0.3 is 0 Å². The first-order chi connectivity index (χ1) is 8.00. The normalized spacial score (nSPS) is 11.2. The van der Waals surface area contributed by atoms with Crippen LogP contribution in [0.4, 0.5) is 0 Å². The van der Waals surface area contributed by atoms with Crippen molar-refractivity contribution < 1.29 is 4.79 Å². The van der Waals surface area contributed by atoms with E-state index in [0.717, 1.165) is 18.7 Å². The van der Waals surface area contributed by atoms with Crippen molar-refractivity contribution in [2.45, 2.75) is 46.6 Å². The third kappa shape index (κ3) is 4.54. The summed E-state index contributed by atoms with van der Waals surface area (Å²) in [5.41, 5.74) is 0.863. The molecule has 1 N–H and O–H groups in total. The fraction of sp³-hybridized carbons (Fsp3) is 0.750. The van der Waals surface area contributed by atoms with E-state index in [1.807, 2.05) is 13.8 Å². The van der Waals surface area contributed by atoms with Gasteiger partial charge in [-0.2, -0.15) is 0 Å². The molecule has 0 aliphatic carbocycles. The second kappa shape index (κ2) is 6.37. The van der Waals surface area contributed by atoms with Crippen LogP contribution in [-0.2, 0) is 11.2 Å². The molecule has 0 fully saturated rings. The molecule has 0 saturated heterocycles. The number of rotatable bonds is 6. The number of aromatic nitrogens is 3. The SMILES string of the molecule is CC(C)CCNC(=O)Cc1cnnn1C(C)C. The number of carbonyl (C=O) groups is 1. The first-order valence-corrected chi connectivity index (χ1v) is 6.16. The highest BCUT2D eigenvalue weighted by molar-refractivity contribution is 5.77. The van der Waals surface area contributed by atoms with E-state index < -0.39 is 0 Å². The summed E-state index contributed by atoms with van der Waals surface area (Å²) < 4.78 is 1.78. The van der Waals surface area contributed by atoms with Crippen LogP contribution in [0.1, 0.15) is 45.9 Å². The Morgan fingerprint density at radius 2 is 2.12 bits per heavy atom. The Morgan fingerprint density at radius 3 is 2.71 bits per heavy atom. The van der Waals surface area contributed by atoms with Gasteiger partial charge in [-0.3, -0.25) is 4.79 Å². The number of hydrogen-bond donors (Lipinski definition) is 1. The molecule has 0 atom stereocenters. The van der Waals surface area contributed by atoms with E-state index in [1.165, 1.54) is 0 Å². The van der Waals surface area contributed by atoms with E-state index >= 15 is 0 Å². The Morgan fingerprint density at radius 1 is 1.41 bits per heavy atom. The van der Waals surface area contributed by atoms with Gasteiger partial charge in [0, 0.05) is 12.6 Å². The molecule has 0 bridgehead atoms. The number of hydrogen-bond acceptors (Lipinski definition) is 3. The fourth-order valence-corrected chi connectivity index (χ4v) is 1.55. The molecular weight excluding hydrogens is 216 g/mol. The average Bonchev–Trinajstić information content (AvgIpc) is 2.65. The highest BCUT2D eigenvalue weighted by Gasteiger charge is 2.11. The van der Waals surface area contributed by atoms with Gasteiger partial charge in [-0.25, -0.2) is 4.68 Å². The Balaban J connectivity index is 2.42. The zero-order valence-corrected chi connectivity index (χ0v) is 11.1. The van der Waals surface area contributed by atoms with Gasteiger partial charge in [-0.15, -0.1) is 5.10 Å². The molecule has 96 valence electrons. The Hall–Kier alpha value is -1.39. The van der Waals surface area contributed by atoms with Gasteiger partial charge in [0.15, 0.2) is 0 Å². The van der Waals surface area contributed by atoms with E-state index in [0.29, 0.717) is 12.3 Å². The lowest BCUT2D eigenvalue weighted by Crippen LogP contribution is -2.28. The van der Waals surface area contributed by atoms with Crippen molar-refractivity contribution in [3.8, 4) is 0 Å². The first-order valence-electron chi connectivity index (χ1n) is 6.16. The van der Waals surface area contributed by atoms with Crippen LogP contribution in [0.5, 0.6) is 0 Å². The van der Waals surface area contributed by atoms with Crippen LogP contribution in [0, 0.1) is 5.92 Å². The smallest absolute Gasteiger partial charge is 0.226 e. The standard InChI is InChI=1S/C12H22N4O/c1-9(2)5-6-13-12(17)7-11-8-14-15-16(11)10(3)4/h8-10H,5-7H2,1-4H3,(H,13,17). The largest absolute Gasteiger partial charge is 0.356 e. The quantitative estimate of drug-likeness (QED) is 0.818. The predicted octanol–water partition coefficient (Wildman–Crippen LogP) is 1.56. The summed E-state index contributed by atoms with van der Waals surface area (Å²) in [5.74, 6) is 0.646. The highest BCUT2D eigenvalue weighted by Crippen LogP contribution is 2.06. The maximum atomic E-state index is 11.7. The van der Waals surface area contributed by atoms with Gasteiger partial charge < -0.3 is 5.32 Å². The Labute approximate surface area is 103 Å². The van der Waals surface area contributed by atoms with E-state index in [9.17, 15) is 4.79 Å². The first kappa shape index (κ1) is 13.7. The molecule has 5 heteroatoms. The van der Waals surface area contributed by atoms with Crippen LogP contribution in [0.15, 0.2) is 6.20 Å². The van der Waals surface area contributed by atoms with Crippen molar-refractivity contribution in [2.24, 2.45) is 5.92 Å². The molecule has 5 nitrogen and oxygen atoms in total. The second-order valence-electron chi connectivity index (χ2n) is 4.97. The summed E-state index contributed by atoms with van der Waals surface area (Å²) in [4.78, 5) is 11.7. The minimum atomic E-state index is 0.0369. The van der Waals surface area contributed by atoms with Gasteiger partial charge in [0.25, 0.3) is 0 Å². The molecule has 1 heterocycles. The summed E-state index contributed by atoms with van der Waals surface area (Å²) in [6, 6.07) is 0.232. The number of nitrogens with one attached hydrogen (secondary N) is 1. The van der Waals surface area contributed by atoms with Gasteiger partial charge in [0.1, 0.15) is 0 Å². The zero-order chi connectivity index (χ0) is 12.8. The molecule has 1 amide bonds. The molecule has 17 heavy (non-hydrogen) atoms. The molecule has 0 aliphatic heterocycles. The molecular formula is C12H22N4O. The number of carbonyl (C=O) groups excluding carboxylic acids is 1. The van der Waals surface area contributed by atoms with Gasteiger partial charge in [-0.05, 0) is 26.2 Å². The van der Waals surface area contributed by atoms with Gasteiger partial charge in [0.2, 0.25) is 5.91 Å². The predicted molar refractivity (Wildman–Crippen MR) is 66.6 cm³/mol. The maximum absolute atomic E-state index is 11.7. The second-order valence-corrected chi connectivity index (χ2v) is 4.97. The summed E-state index contributed by atoms with van der Waals surface area (Å²) in [6.07, 6.45) is 3.01. The monoisotopic (exact) mass is 238 g/mol. The summed E-state index contributed by atoms with van der Waals surface area (Å²) >= 11 is 0. The van der Waals surface area contributed by atoms with Crippen LogP contribution >= 0.6 is 0 Å². The fourth-order valence-electron chi connectivity index (χ4n) is 1.55. The highest BCUT2D eigenvalue weighted by atomic mass is 16.1. The molecule has 0 aromatic carbocycles. The molecule has 1 rings (SSSR count). The lowest BCUT2D eigenvalue weighted by Gasteiger charge is -2.10.